The highest BCUT2D eigenvalue weighted by Gasteiger charge is 2.47. The van der Waals surface area contributed by atoms with E-state index in [9.17, 15) is 9.59 Å². The summed E-state index contributed by atoms with van der Waals surface area (Å²) in [7, 11) is 0. The van der Waals surface area contributed by atoms with Crippen molar-refractivity contribution in [1.29, 1.82) is 0 Å². The first-order chi connectivity index (χ1) is 12.1. The highest BCUT2D eigenvalue weighted by Crippen LogP contribution is 2.40. The van der Waals surface area contributed by atoms with Crippen LogP contribution in [0.3, 0.4) is 0 Å². The molecule has 0 unspecified atom stereocenters. The van der Waals surface area contributed by atoms with Crippen molar-refractivity contribution >= 4 is 11.8 Å². The Hall–Kier alpha value is -1.84. The van der Waals surface area contributed by atoms with Gasteiger partial charge in [-0.1, -0.05) is 37.1 Å². The van der Waals surface area contributed by atoms with Crippen molar-refractivity contribution in [3.05, 3.63) is 35.4 Å². The highest BCUT2D eigenvalue weighted by molar-refractivity contribution is 5.90. The van der Waals surface area contributed by atoms with Crippen LogP contribution >= 0.6 is 0 Å². The van der Waals surface area contributed by atoms with Crippen molar-refractivity contribution in [2.75, 3.05) is 6.54 Å². The first-order valence-electron chi connectivity index (χ1n) is 9.72. The molecule has 4 heteroatoms. The van der Waals surface area contributed by atoms with Gasteiger partial charge >= 0.3 is 0 Å². The molecule has 0 spiro atoms. The van der Waals surface area contributed by atoms with E-state index in [0.29, 0.717) is 19.0 Å². The second kappa shape index (κ2) is 6.47. The van der Waals surface area contributed by atoms with Crippen LogP contribution in [-0.4, -0.2) is 34.8 Å². The second-order valence-corrected chi connectivity index (χ2v) is 8.26. The Morgan fingerprint density at radius 1 is 1.24 bits per heavy atom. The number of benzene rings is 1. The Morgan fingerprint density at radius 2 is 1.96 bits per heavy atom. The maximum Gasteiger partial charge on any atom is 0.225 e. The molecule has 134 valence electrons. The van der Waals surface area contributed by atoms with Crippen LogP contribution in [0.5, 0.6) is 0 Å². The van der Waals surface area contributed by atoms with Gasteiger partial charge in [-0.2, -0.15) is 0 Å². The van der Waals surface area contributed by atoms with Crippen molar-refractivity contribution in [3.63, 3.8) is 0 Å². The van der Waals surface area contributed by atoms with Crippen LogP contribution in [0.15, 0.2) is 24.3 Å². The van der Waals surface area contributed by atoms with E-state index in [4.69, 9.17) is 0 Å². The number of amides is 2. The highest BCUT2D eigenvalue weighted by atomic mass is 16.2. The summed E-state index contributed by atoms with van der Waals surface area (Å²) in [5.41, 5.74) is 2.52. The van der Waals surface area contributed by atoms with E-state index in [0.717, 1.165) is 32.1 Å². The molecule has 1 aliphatic heterocycles. The Kier molecular flexibility index (Phi) is 4.30. The van der Waals surface area contributed by atoms with Crippen LogP contribution in [0.2, 0.25) is 0 Å². The predicted molar refractivity (Wildman–Crippen MR) is 97.1 cm³/mol. The van der Waals surface area contributed by atoms with Crippen LogP contribution in [0.4, 0.5) is 0 Å². The molecule has 3 fully saturated rings. The van der Waals surface area contributed by atoms with Crippen LogP contribution < -0.4 is 5.32 Å². The summed E-state index contributed by atoms with van der Waals surface area (Å²) in [5, 5.41) is 3.30. The largest absolute Gasteiger partial charge is 0.350 e. The number of rotatable bonds is 5. The zero-order valence-electron chi connectivity index (χ0n) is 15.1. The first kappa shape index (κ1) is 16.6. The van der Waals surface area contributed by atoms with Gasteiger partial charge in [0, 0.05) is 24.5 Å². The Morgan fingerprint density at radius 3 is 2.64 bits per heavy atom. The van der Waals surface area contributed by atoms with E-state index in [-0.39, 0.29) is 23.3 Å². The van der Waals surface area contributed by atoms with E-state index in [1.54, 1.807) is 0 Å². The van der Waals surface area contributed by atoms with Gasteiger partial charge in [-0.25, -0.2) is 0 Å². The third-order valence-electron chi connectivity index (χ3n) is 6.33. The fraction of sp³-hybridized carbons (Fsp3) is 0.619. The molecule has 2 saturated carbocycles. The molecule has 1 atom stereocenters. The third kappa shape index (κ3) is 3.44. The summed E-state index contributed by atoms with van der Waals surface area (Å²) >= 11 is 0. The average Bonchev–Trinajstić information content (AvgIpc) is 3.00. The Labute approximate surface area is 150 Å². The predicted octanol–water partition coefficient (Wildman–Crippen LogP) is 2.98. The van der Waals surface area contributed by atoms with E-state index in [2.05, 4.69) is 36.5 Å². The Bertz CT molecular complexity index is 674. The number of carbonyl (C=O) groups is 2. The van der Waals surface area contributed by atoms with Gasteiger partial charge in [0.25, 0.3) is 0 Å². The molecule has 0 aromatic heterocycles. The van der Waals surface area contributed by atoms with Crippen molar-refractivity contribution in [3.8, 4) is 0 Å². The van der Waals surface area contributed by atoms with Gasteiger partial charge in [0.15, 0.2) is 0 Å². The van der Waals surface area contributed by atoms with Gasteiger partial charge in [0.05, 0.1) is 5.92 Å². The van der Waals surface area contributed by atoms with Gasteiger partial charge in [-0.05, 0) is 50.2 Å². The monoisotopic (exact) mass is 340 g/mol. The van der Waals surface area contributed by atoms with Gasteiger partial charge in [-0.15, -0.1) is 0 Å². The maximum absolute atomic E-state index is 12.8. The minimum Gasteiger partial charge on any atom is -0.350 e. The van der Waals surface area contributed by atoms with Crippen LogP contribution in [0.1, 0.15) is 56.1 Å². The molecule has 2 aliphatic carbocycles. The molecule has 3 aliphatic rings. The molecule has 1 aromatic rings. The van der Waals surface area contributed by atoms with E-state index < -0.39 is 0 Å². The smallest absolute Gasteiger partial charge is 0.225 e. The molecule has 1 heterocycles. The van der Waals surface area contributed by atoms with Gasteiger partial charge < -0.3 is 10.2 Å². The molecule has 1 aromatic carbocycles. The van der Waals surface area contributed by atoms with Crippen molar-refractivity contribution in [2.24, 2.45) is 5.92 Å². The number of hydrogen-bond acceptors (Lipinski definition) is 2. The fourth-order valence-electron chi connectivity index (χ4n) is 4.51. The van der Waals surface area contributed by atoms with Crippen molar-refractivity contribution in [1.82, 2.24) is 10.2 Å². The summed E-state index contributed by atoms with van der Waals surface area (Å²) in [4.78, 5) is 27.1. The average molecular weight is 340 g/mol. The van der Waals surface area contributed by atoms with Crippen LogP contribution in [-0.2, 0) is 16.0 Å². The van der Waals surface area contributed by atoms with E-state index in [1.165, 1.54) is 24.0 Å². The van der Waals surface area contributed by atoms with Gasteiger partial charge in [0.2, 0.25) is 11.8 Å². The summed E-state index contributed by atoms with van der Waals surface area (Å²) < 4.78 is 0. The zero-order valence-corrected chi connectivity index (χ0v) is 15.1. The SMILES string of the molecule is Cc1ccccc1CC1(NC(=O)[C@H]2CC(=O)N(C3CCCC3)C2)CC1. The standard InChI is InChI=1S/C21H28N2O2/c1-15-6-2-3-7-16(15)13-21(10-11-21)22-20(25)17-12-19(24)23(14-17)18-8-4-5-9-18/h2-3,6-7,17-18H,4-5,8-14H2,1H3,(H,22,25)/t17-/m0/s1. The summed E-state index contributed by atoms with van der Waals surface area (Å²) in [6, 6.07) is 8.78. The number of nitrogens with one attached hydrogen (secondary N) is 1. The van der Waals surface area contributed by atoms with E-state index >= 15 is 0 Å². The molecule has 4 nitrogen and oxygen atoms in total. The lowest BCUT2D eigenvalue weighted by Crippen LogP contribution is -2.43. The maximum atomic E-state index is 12.8. The van der Waals surface area contributed by atoms with E-state index in [1.807, 2.05) is 4.90 Å². The Balaban J connectivity index is 1.37. The quantitative estimate of drug-likeness (QED) is 0.896. The summed E-state index contributed by atoms with van der Waals surface area (Å²) in [6.45, 7) is 2.75. The molecule has 2 amide bonds. The first-order valence-corrected chi connectivity index (χ1v) is 9.72. The molecule has 0 bridgehead atoms. The number of hydrogen-bond donors (Lipinski definition) is 1. The lowest BCUT2D eigenvalue weighted by Gasteiger charge is -2.24. The van der Waals surface area contributed by atoms with Crippen molar-refractivity contribution in [2.45, 2.75) is 69.9 Å². The summed E-state index contributed by atoms with van der Waals surface area (Å²) in [6.07, 6.45) is 8.02. The second-order valence-electron chi connectivity index (χ2n) is 8.26. The zero-order chi connectivity index (χ0) is 17.4. The number of aryl methyl sites for hydroxylation is 1. The van der Waals surface area contributed by atoms with Crippen molar-refractivity contribution < 1.29 is 9.59 Å². The fourth-order valence-corrected chi connectivity index (χ4v) is 4.51. The van der Waals surface area contributed by atoms with Crippen LogP contribution in [0, 0.1) is 12.8 Å². The third-order valence-corrected chi connectivity index (χ3v) is 6.33. The molecular formula is C21H28N2O2. The number of nitrogens with zero attached hydrogens (tertiary/aromatic N) is 1. The normalized spacial score (nSPS) is 25.4. The topological polar surface area (TPSA) is 49.4 Å². The molecule has 4 rings (SSSR count). The van der Waals surface area contributed by atoms with Crippen LogP contribution in [0.25, 0.3) is 0 Å². The number of likely N-dealkylation sites (tertiary alicyclic amines) is 1. The molecule has 1 N–H and O–H groups in total. The number of carbonyl (C=O) groups excluding carboxylic acids is 2. The molecule has 25 heavy (non-hydrogen) atoms. The molecule has 0 radical (unpaired) electrons. The van der Waals surface area contributed by atoms with Gasteiger partial charge in [0.1, 0.15) is 0 Å². The molecular weight excluding hydrogens is 312 g/mol. The lowest BCUT2D eigenvalue weighted by atomic mass is 9.98. The minimum atomic E-state index is -0.164. The minimum absolute atomic E-state index is 0.0764. The van der Waals surface area contributed by atoms with Gasteiger partial charge in [-0.3, -0.25) is 9.59 Å². The summed E-state index contributed by atoms with van der Waals surface area (Å²) in [5.74, 6) is 0.0955. The molecule has 1 saturated heterocycles. The lowest BCUT2D eigenvalue weighted by molar-refractivity contribution is -0.130.